The van der Waals surface area contributed by atoms with Crippen LogP contribution in [0.5, 0.6) is 0 Å². The summed E-state index contributed by atoms with van der Waals surface area (Å²) < 4.78 is 0. The fourth-order valence-corrected chi connectivity index (χ4v) is 1.98. The number of oxime groups is 1. The lowest BCUT2D eigenvalue weighted by atomic mass is 10.1. The Labute approximate surface area is 120 Å². The second-order valence-corrected chi connectivity index (χ2v) is 4.95. The van der Waals surface area contributed by atoms with Crippen molar-refractivity contribution in [2.24, 2.45) is 10.9 Å². The SMILES string of the molecule is Cc1ccc(C)c(CO/N=C(/N)Cc2ccccc2)c1. The predicted molar refractivity (Wildman–Crippen MR) is 82.5 cm³/mol. The van der Waals surface area contributed by atoms with Crippen LogP contribution in [-0.2, 0) is 17.9 Å². The number of nitrogens with zero attached hydrogens (tertiary/aromatic N) is 1. The van der Waals surface area contributed by atoms with Gasteiger partial charge in [0.05, 0.1) is 0 Å². The van der Waals surface area contributed by atoms with Crippen LogP contribution < -0.4 is 5.73 Å². The molecule has 0 bridgehead atoms. The Balaban J connectivity index is 1.91. The van der Waals surface area contributed by atoms with E-state index in [1.54, 1.807) is 0 Å². The molecule has 2 rings (SSSR count). The first kappa shape index (κ1) is 14.1. The van der Waals surface area contributed by atoms with Crippen molar-refractivity contribution in [1.82, 2.24) is 0 Å². The lowest BCUT2D eigenvalue weighted by Crippen LogP contribution is -2.15. The summed E-state index contributed by atoms with van der Waals surface area (Å²) in [5.41, 5.74) is 10.6. The number of benzene rings is 2. The highest BCUT2D eigenvalue weighted by atomic mass is 16.6. The van der Waals surface area contributed by atoms with Gasteiger partial charge in [0.1, 0.15) is 12.4 Å². The molecule has 3 heteroatoms. The van der Waals surface area contributed by atoms with Crippen molar-refractivity contribution < 1.29 is 4.84 Å². The van der Waals surface area contributed by atoms with Crippen molar-refractivity contribution in [3.63, 3.8) is 0 Å². The molecule has 0 saturated carbocycles. The van der Waals surface area contributed by atoms with E-state index in [-0.39, 0.29) is 0 Å². The van der Waals surface area contributed by atoms with E-state index in [1.807, 2.05) is 30.3 Å². The van der Waals surface area contributed by atoms with E-state index < -0.39 is 0 Å². The van der Waals surface area contributed by atoms with E-state index in [2.05, 4.69) is 37.2 Å². The molecule has 0 aromatic heterocycles. The summed E-state index contributed by atoms with van der Waals surface area (Å²) in [6.45, 7) is 4.58. The standard InChI is InChI=1S/C17H20N2O/c1-13-8-9-14(2)16(10-13)12-20-19-17(18)11-15-6-4-3-5-7-15/h3-10H,11-12H2,1-2H3,(H2,18,19). The first-order valence-corrected chi connectivity index (χ1v) is 6.69. The van der Waals surface area contributed by atoms with Gasteiger partial charge < -0.3 is 10.6 Å². The maximum atomic E-state index is 5.86. The van der Waals surface area contributed by atoms with Crippen LogP contribution in [0.15, 0.2) is 53.7 Å². The highest BCUT2D eigenvalue weighted by molar-refractivity contribution is 5.82. The van der Waals surface area contributed by atoms with Gasteiger partial charge in [-0.25, -0.2) is 0 Å². The lowest BCUT2D eigenvalue weighted by Gasteiger charge is -2.06. The Hall–Kier alpha value is -2.29. The zero-order chi connectivity index (χ0) is 14.4. The molecule has 0 aliphatic rings. The Bertz CT molecular complexity index is 591. The predicted octanol–water partition coefficient (Wildman–Crippen LogP) is 3.33. The van der Waals surface area contributed by atoms with Crippen molar-refractivity contribution in [3.05, 3.63) is 70.8 Å². The molecule has 0 fully saturated rings. The minimum absolute atomic E-state index is 0.447. The van der Waals surface area contributed by atoms with E-state index >= 15 is 0 Å². The summed E-state index contributed by atoms with van der Waals surface area (Å²) in [5, 5.41) is 3.98. The highest BCUT2D eigenvalue weighted by Crippen LogP contribution is 2.11. The van der Waals surface area contributed by atoms with E-state index in [4.69, 9.17) is 10.6 Å². The van der Waals surface area contributed by atoms with Gasteiger partial charge in [-0.05, 0) is 30.5 Å². The van der Waals surface area contributed by atoms with Crippen LogP contribution in [0.25, 0.3) is 0 Å². The van der Waals surface area contributed by atoms with Gasteiger partial charge in [-0.2, -0.15) is 0 Å². The molecule has 0 amide bonds. The summed E-state index contributed by atoms with van der Waals surface area (Å²) in [6, 6.07) is 16.3. The third kappa shape index (κ3) is 4.12. The minimum atomic E-state index is 0.447. The average molecular weight is 268 g/mol. The zero-order valence-corrected chi connectivity index (χ0v) is 12.0. The van der Waals surface area contributed by atoms with Crippen LogP contribution >= 0.6 is 0 Å². The summed E-state index contributed by atoms with van der Waals surface area (Å²) in [6.07, 6.45) is 0.605. The number of aryl methyl sites for hydroxylation is 2. The van der Waals surface area contributed by atoms with E-state index in [1.165, 1.54) is 11.1 Å². The molecule has 0 spiro atoms. The zero-order valence-electron chi connectivity index (χ0n) is 12.0. The van der Waals surface area contributed by atoms with Gasteiger partial charge in [0.2, 0.25) is 0 Å². The van der Waals surface area contributed by atoms with Gasteiger partial charge in [-0.15, -0.1) is 0 Å². The largest absolute Gasteiger partial charge is 0.389 e. The topological polar surface area (TPSA) is 47.6 Å². The molecule has 0 unspecified atom stereocenters. The van der Waals surface area contributed by atoms with Gasteiger partial charge in [0.15, 0.2) is 0 Å². The number of nitrogens with two attached hydrogens (primary N) is 1. The molecule has 3 nitrogen and oxygen atoms in total. The summed E-state index contributed by atoms with van der Waals surface area (Å²) in [5.74, 6) is 0.488. The molecule has 0 aliphatic heterocycles. The highest BCUT2D eigenvalue weighted by Gasteiger charge is 2.00. The molecule has 2 N–H and O–H groups in total. The summed E-state index contributed by atoms with van der Waals surface area (Å²) in [4.78, 5) is 5.35. The molecule has 0 radical (unpaired) electrons. The number of hydrogen-bond donors (Lipinski definition) is 1. The maximum absolute atomic E-state index is 5.86. The van der Waals surface area contributed by atoms with Crippen molar-refractivity contribution in [2.45, 2.75) is 26.9 Å². The van der Waals surface area contributed by atoms with Crippen molar-refractivity contribution in [3.8, 4) is 0 Å². The van der Waals surface area contributed by atoms with Crippen LogP contribution in [0, 0.1) is 13.8 Å². The van der Waals surface area contributed by atoms with Gasteiger partial charge in [0, 0.05) is 6.42 Å². The van der Waals surface area contributed by atoms with Gasteiger partial charge >= 0.3 is 0 Å². The smallest absolute Gasteiger partial charge is 0.143 e. The molecule has 0 atom stereocenters. The third-order valence-corrected chi connectivity index (χ3v) is 3.13. The Morgan fingerprint density at radius 1 is 1.10 bits per heavy atom. The minimum Gasteiger partial charge on any atom is -0.389 e. The third-order valence-electron chi connectivity index (χ3n) is 3.13. The second-order valence-electron chi connectivity index (χ2n) is 4.95. The Kier molecular flexibility index (Phi) is 4.77. The van der Waals surface area contributed by atoms with Gasteiger partial charge in [0.25, 0.3) is 0 Å². The molecule has 20 heavy (non-hydrogen) atoms. The molecule has 0 aliphatic carbocycles. The molecule has 2 aromatic rings. The van der Waals surface area contributed by atoms with Crippen LogP contribution in [0.1, 0.15) is 22.3 Å². The van der Waals surface area contributed by atoms with E-state index in [9.17, 15) is 0 Å². The first-order valence-electron chi connectivity index (χ1n) is 6.69. The lowest BCUT2D eigenvalue weighted by molar-refractivity contribution is 0.129. The van der Waals surface area contributed by atoms with Crippen molar-refractivity contribution in [1.29, 1.82) is 0 Å². The Morgan fingerprint density at radius 2 is 1.85 bits per heavy atom. The first-order chi connectivity index (χ1) is 9.65. The fraction of sp³-hybridized carbons (Fsp3) is 0.235. The monoisotopic (exact) mass is 268 g/mol. The molecule has 0 heterocycles. The van der Waals surface area contributed by atoms with Gasteiger partial charge in [-0.1, -0.05) is 59.3 Å². The second kappa shape index (κ2) is 6.75. The van der Waals surface area contributed by atoms with Crippen LogP contribution in [0.3, 0.4) is 0 Å². The molecular weight excluding hydrogens is 248 g/mol. The number of amidine groups is 1. The summed E-state index contributed by atoms with van der Waals surface area (Å²) in [7, 11) is 0. The van der Waals surface area contributed by atoms with Crippen LogP contribution in [0.2, 0.25) is 0 Å². The number of rotatable bonds is 5. The van der Waals surface area contributed by atoms with E-state index in [0.29, 0.717) is 18.9 Å². The normalized spacial score (nSPS) is 11.4. The average Bonchev–Trinajstić information content (AvgIpc) is 2.44. The summed E-state index contributed by atoms with van der Waals surface area (Å²) >= 11 is 0. The quantitative estimate of drug-likeness (QED) is 0.513. The van der Waals surface area contributed by atoms with Gasteiger partial charge in [-0.3, -0.25) is 0 Å². The maximum Gasteiger partial charge on any atom is 0.143 e. The van der Waals surface area contributed by atoms with Crippen LogP contribution in [-0.4, -0.2) is 5.84 Å². The molecule has 104 valence electrons. The molecule has 2 aromatic carbocycles. The van der Waals surface area contributed by atoms with E-state index in [0.717, 1.165) is 11.1 Å². The van der Waals surface area contributed by atoms with Crippen molar-refractivity contribution in [2.75, 3.05) is 0 Å². The molecular formula is C17H20N2O. The fourth-order valence-electron chi connectivity index (χ4n) is 1.98. The van der Waals surface area contributed by atoms with Crippen LogP contribution in [0.4, 0.5) is 0 Å². The van der Waals surface area contributed by atoms with Crippen molar-refractivity contribution >= 4 is 5.84 Å². The molecule has 0 saturated heterocycles. The Morgan fingerprint density at radius 3 is 2.60 bits per heavy atom. The number of hydrogen-bond acceptors (Lipinski definition) is 2.